The lowest BCUT2D eigenvalue weighted by molar-refractivity contribution is -0.146. The monoisotopic (exact) mass is 387 g/mol. The van der Waals surface area contributed by atoms with Crippen molar-refractivity contribution in [2.45, 2.75) is 83.8 Å². The minimum absolute atomic E-state index is 0.0456. The van der Waals surface area contributed by atoms with Gasteiger partial charge in [-0.3, -0.25) is 4.79 Å². The number of carbonyl (C=O) groups is 1. The lowest BCUT2D eigenvalue weighted by Gasteiger charge is -2.58. The minimum Gasteiger partial charge on any atom is -0.297 e. The van der Waals surface area contributed by atoms with E-state index >= 15 is 4.39 Å². The molecule has 0 N–H and O–H groups in total. The zero-order chi connectivity index (χ0) is 19.5. The summed E-state index contributed by atoms with van der Waals surface area (Å²) in [7, 11) is 0. The summed E-state index contributed by atoms with van der Waals surface area (Å²) in [4.78, 5) is 13.1. The van der Waals surface area contributed by atoms with Crippen molar-refractivity contribution in [3.63, 3.8) is 0 Å². The Morgan fingerprint density at radius 3 is 2.79 bits per heavy atom. The van der Waals surface area contributed by atoms with Gasteiger partial charge in [-0.15, -0.1) is 5.10 Å². The van der Waals surface area contributed by atoms with E-state index in [1.807, 2.05) is 0 Å². The average Bonchev–Trinajstić information content (AvgIpc) is 3.29. The summed E-state index contributed by atoms with van der Waals surface area (Å²) < 4.78 is 18.0. The molecule has 28 heavy (non-hydrogen) atoms. The van der Waals surface area contributed by atoms with Crippen LogP contribution in [0.2, 0.25) is 0 Å². The van der Waals surface area contributed by atoms with Crippen LogP contribution in [0.3, 0.4) is 0 Å². The minimum atomic E-state index is -0.931. The molecular formula is C23H34FN3O. The smallest absolute Gasteiger partial charge is 0.157 e. The van der Waals surface area contributed by atoms with Gasteiger partial charge in [0, 0.05) is 12.1 Å². The van der Waals surface area contributed by atoms with E-state index in [0.717, 1.165) is 51.4 Å². The normalized spacial score (nSPS) is 47.8. The summed E-state index contributed by atoms with van der Waals surface area (Å²) in [6.45, 7) is 4.96. The van der Waals surface area contributed by atoms with Crippen molar-refractivity contribution in [3.8, 4) is 0 Å². The molecule has 0 aliphatic heterocycles. The molecule has 1 aromatic rings. The van der Waals surface area contributed by atoms with Crippen molar-refractivity contribution in [2.75, 3.05) is 0 Å². The maximum absolute atomic E-state index is 16.3. The first-order valence-electron chi connectivity index (χ1n) is 11.5. The zero-order valence-electron chi connectivity index (χ0n) is 17.3. The predicted octanol–water partition coefficient (Wildman–Crippen LogP) is 4.84. The van der Waals surface area contributed by atoms with Gasteiger partial charge in [0.25, 0.3) is 0 Å². The zero-order valence-corrected chi connectivity index (χ0v) is 17.3. The number of alkyl halides is 1. The van der Waals surface area contributed by atoms with Crippen LogP contribution in [-0.2, 0) is 11.3 Å². The summed E-state index contributed by atoms with van der Waals surface area (Å²) in [5.41, 5.74) is -0.885. The van der Waals surface area contributed by atoms with E-state index in [1.54, 1.807) is 17.1 Å². The average molecular weight is 388 g/mol. The van der Waals surface area contributed by atoms with E-state index in [4.69, 9.17) is 0 Å². The molecule has 0 saturated heterocycles. The summed E-state index contributed by atoms with van der Waals surface area (Å²) in [5, 5.41) is 7.80. The van der Waals surface area contributed by atoms with E-state index in [2.05, 4.69) is 24.2 Å². The van der Waals surface area contributed by atoms with Gasteiger partial charge in [0.15, 0.2) is 5.78 Å². The molecule has 4 nitrogen and oxygen atoms in total. The van der Waals surface area contributed by atoms with Crippen molar-refractivity contribution < 1.29 is 9.18 Å². The van der Waals surface area contributed by atoms with Crippen molar-refractivity contribution in [1.29, 1.82) is 0 Å². The lowest BCUT2D eigenvalue weighted by atomic mass is 9.48. The fraction of sp³-hybridized carbons (Fsp3) is 0.870. The van der Waals surface area contributed by atoms with Crippen LogP contribution >= 0.6 is 0 Å². The molecule has 0 aromatic carbocycles. The fourth-order valence-electron chi connectivity index (χ4n) is 8.11. The summed E-state index contributed by atoms with van der Waals surface area (Å²) in [6.07, 6.45) is 12.6. The van der Waals surface area contributed by atoms with E-state index in [1.165, 1.54) is 6.42 Å². The van der Waals surface area contributed by atoms with Crippen LogP contribution in [0, 0.1) is 40.9 Å². The number of Topliss-reactive ketones (excluding diaryl/α,β-unsaturated/α-hetero) is 1. The molecule has 0 bridgehead atoms. The molecule has 1 aromatic heterocycles. The lowest BCUT2D eigenvalue weighted by Crippen LogP contribution is -2.56. The van der Waals surface area contributed by atoms with Crippen LogP contribution in [0.1, 0.15) is 71.6 Å². The molecule has 4 saturated carbocycles. The molecule has 154 valence electrons. The summed E-state index contributed by atoms with van der Waals surface area (Å²) in [6, 6.07) is 0. The number of hydrogen-bond donors (Lipinski definition) is 0. The molecule has 1 heterocycles. The Hall–Kier alpha value is -1.26. The van der Waals surface area contributed by atoms with Gasteiger partial charge < -0.3 is 0 Å². The van der Waals surface area contributed by atoms with Crippen molar-refractivity contribution >= 4 is 5.78 Å². The van der Waals surface area contributed by atoms with Crippen LogP contribution in [0.5, 0.6) is 0 Å². The first kappa shape index (κ1) is 18.7. The van der Waals surface area contributed by atoms with E-state index in [0.29, 0.717) is 30.1 Å². The molecule has 5 heteroatoms. The van der Waals surface area contributed by atoms with Gasteiger partial charge in [0.05, 0.1) is 6.20 Å². The van der Waals surface area contributed by atoms with Gasteiger partial charge in [-0.25, -0.2) is 9.07 Å². The van der Waals surface area contributed by atoms with E-state index < -0.39 is 5.67 Å². The maximum Gasteiger partial charge on any atom is 0.157 e. The van der Waals surface area contributed by atoms with Crippen LogP contribution in [0.4, 0.5) is 4.39 Å². The Kier molecular flexibility index (Phi) is 4.44. The summed E-state index contributed by atoms with van der Waals surface area (Å²) >= 11 is 0. The molecule has 8 atom stereocenters. The first-order chi connectivity index (χ1) is 13.4. The highest BCUT2D eigenvalue weighted by molar-refractivity contribution is 5.82. The van der Waals surface area contributed by atoms with Gasteiger partial charge in [0.2, 0.25) is 0 Å². The van der Waals surface area contributed by atoms with Gasteiger partial charge in [-0.2, -0.15) is 0 Å². The molecule has 2 unspecified atom stereocenters. The van der Waals surface area contributed by atoms with Crippen molar-refractivity contribution in [3.05, 3.63) is 12.4 Å². The molecule has 0 amide bonds. The van der Waals surface area contributed by atoms with Gasteiger partial charge >= 0.3 is 0 Å². The molecule has 4 aliphatic carbocycles. The van der Waals surface area contributed by atoms with E-state index in [-0.39, 0.29) is 23.2 Å². The second kappa shape index (κ2) is 6.63. The van der Waals surface area contributed by atoms with E-state index in [9.17, 15) is 4.79 Å². The third-order valence-electron chi connectivity index (χ3n) is 9.47. The second-order valence-electron chi connectivity index (χ2n) is 10.7. The number of carbonyl (C=O) groups excluding carboxylic acids is 1. The number of halogens is 1. The maximum atomic E-state index is 16.3. The molecule has 5 rings (SSSR count). The highest BCUT2D eigenvalue weighted by Gasteiger charge is 2.62. The largest absolute Gasteiger partial charge is 0.297 e. The topological polar surface area (TPSA) is 47.8 Å². The molecule has 4 aliphatic rings. The predicted molar refractivity (Wildman–Crippen MR) is 105 cm³/mol. The number of nitrogens with zero attached hydrogens (tertiary/aromatic N) is 3. The number of hydrogen-bond acceptors (Lipinski definition) is 3. The SMILES string of the molecule is C[C@H]1CC[C@]2(F)C3CC[C@@]4(C)C(CC[C@@H]4C(=O)Cn4ccnn4)[C@@H]3CC[C@@H]2C1. The Labute approximate surface area is 167 Å². The standard InChI is InChI=1S/C23H34FN3O/c1-15-7-10-23(24)16(13-15)3-4-17-18-5-6-20(22(18,2)9-8-19(17)23)21(28)14-27-12-11-25-26-27/h11-12,15-20H,3-10,13-14H2,1-2H3/t15-,16+,17-,18?,19?,20+,22-,23+/m0/s1. The molecular weight excluding hydrogens is 353 g/mol. The number of ketones is 1. The quantitative estimate of drug-likeness (QED) is 0.745. The van der Waals surface area contributed by atoms with Crippen molar-refractivity contribution in [2.24, 2.45) is 40.9 Å². The highest BCUT2D eigenvalue weighted by atomic mass is 19.1. The third-order valence-corrected chi connectivity index (χ3v) is 9.47. The van der Waals surface area contributed by atoms with Crippen LogP contribution < -0.4 is 0 Å². The van der Waals surface area contributed by atoms with Crippen molar-refractivity contribution in [1.82, 2.24) is 15.0 Å². The third kappa shape index (κ3) is 2.71. The van der Waals surface area contributed by atoms with Gasteiger partial charge in [-0.1, -0.05) is 19.1 Å². The molecule has 0 spiro atoms. The number of fused-ring (bicyclic) bond motifs is 5. The first-order valence-corrected chi connectivity index (χ1v) is 11.5. The fourth-order valence-corrected chi connectivity index (χ4v) is 8.11. The molecule has 0 radical (unpaired) electrons. The summed E-state index contributed by atoms with van der Waals surface area (Å²) in [5.74, 6) is 2.60. The van der Waals surface area contributed by atoms with Gasteiger partial charge in [-0.05, 0) is 92.8 Å². The Morgan fingerprint density at radius 2 is 2.00 bits per heavy atom. The highest BCUT2D eigenvalue weighted by Crippen LogP contribution is 2.66. The molecule has 4 fully saturated rings. The Bertz CT molecular complexity index is 736. The second-order valence-corrected chi connectivity index (χ2v) is 10.7. The van der Waals surface area contributed by atoms with Crippen LogP contribution in [0.25, 0.3) is 0 Å². The van der Waals surface area contributed by atoms with Gasteiger partial charge in [0.1, 0.15) is 12.2 Å². The number of aromatic nitrogens is 3. The Balaban J connectivity index is 1.36. The van der Waals surface area contributed by atoms with Crippen LogP contribution in [-0.4, -0.2) is 26.4 Å². The Morgan fingerprint density at radius 1 is 1.14 bits per heavy atom. The number of rotatable bonds is 3. The van der Waals surface area contributed by atoms with Crippen LogP contribution in [0.15, 0.2) is 12.4 Å².